The van der Waals surface area contributed by atoms with Crippen molar-refractivity contribution in [1.82, 2.24) is 0 Å². The Balaban J connectivity index is 0.000000231. The van der Waals surface area contributed by atoms with E-state index in [2.05, 4.69) is 9.69 Å². The Bertz CT molecular complexity index is 752. The summed E-state index contributed by atoms with van der Waals surface area (Å²) in [6.07, 6.45) is 4.63. The normalized spacial score (nSPS) is 9.17. The average molecular weight is 304 g/mol. The molecule has 0 amide bonds. The molecule has 0 saturated carbocycles. The Morgan fingerprint density at radius 3 is 2.30 bits per heavy atom. The fourth-order valence-electron chi connectivity index (χ4n) is 1.69. The smallest absolute Gasteiger partial charge is 0.187 e. The number of carbonyl (C=O) groups excluding carboxylic acids is 1. The van der Waals surface area contributed by atoms with Gasteiger partial charge in [0.15, 0.2) is 11.4 Å². The second kappa shape index (κ2) is 10.4. The fourth-order valence-corrected chi connectivity index (χ4v) is 1.69. The molecular formula is C19H16N2O2. The summed E-state index contributed by atoms with van der Waals surface area (Å²) in [5, 5.41) is 0. The predicted molar refractivity (Wildman–Crippen MR) is 91.2 cm³/mol. The lowest BCUT2D eigenvalue weighted by Crippen LogP contribution is -1.82. The summed E-state index contributed by atoms with van der Waals surface area (Å²) in [5.41, 5.74) is 3.11. The molecule has 0 aliphatic heterocycles. The zero-order valence-electron chi connectivity index (χ0n) is 12.8. The van der Waals surface area contributed by atoms with Gasteiger partial charge in [0, 0.05) is 6.42 Å². The first-order valence-electron chi connectivity index (χ1n) is 6.80. The van der Waals surface area contributed by atoms with E-state index in [-0.39, 0.29) is 0 Å². The molecule has 0 saturated heterocycles. The highest BCUT2D eigenvalue weighted by Gasteiger charge is 1.92. The summed E-state index contributed by atoms with van der Waals surface area (Å²) in [5.74, 6) is 0. The zero-order chi connectivity index (χ0) is 16.9. The first kappa shape index (κ1) is 17.7. The maximum atomic E-state index is 10.1. The van der Waals surface area contributed by atoms with E-state index in [9.17, 15) is 4.79 Å². The van der Waals surface area contributed by atoms with Gasteiger partial charge in [-0.05, 0) is 17.7 Å². The van der Waals surface area contributed by atoms with Crippen molar-refractivity contribution in [1.29, 1.82) is 0 Å². The Morgan fingerprint density at radius 2 is 1.70 bits per heavy atom. The van der Waals surface area contributed by atoms with E-state index in [4.69, 9.17) is 17.9 Å². The summed E-state index contributed by atoms with van der Waals surface area (Å²) in [4.78, 5) is 16.7. The summed E-state index contributed by atoms with van der Waals surface area (Å²) >= 11 is 0. The second-order valence-electron chi connectivity index (χ2n) is 4.40. The highest BCUT2D eigenvalue weighted by atomic mass is 16.5. The van der Waals surface area contributed by atoms with Gasteiger partial charge in [-0.15, -0.1) is 0 Å². The van der Waals surface area contributed by atoms with Crippen molar-refractivity contribution >= 4 is 23.7 Å². The van der Waals surface area contributed by atoms with Crippen LogP contribution in [0.1, 0.15) is 11.1 Å². The molecule has 0 radical (unpaired) electrons. The molecule has 2 aromatic carbocycles. The molecule has 0 atom stereocenters. The molecule has 4 nitrogen and oxygen atoms in total. The molecule has 0 unspecified atom stereocenters. The molecule has 0 N–H and O–H groups in total. The molecule has 23 heavy (non-hydrogen) atoms. The number of benzene rings is 2. The summed E-state index contributed by atoms with van der Waals surface area (Å²) < 4.78 is 4.76. The minimum atomic E-state index is 0.392. The van der Waals surface area contributed by atoms with E-state index in [1.54, 1.807) is 37.6 Å². The van der Waals surface area contributed by atoms with Gasteiger partial charge in [-0.3, -0.25) is 0 Å². The molecule has 2 aromatic rings. The number of aldehydes is 1. The summed E-state index contributed by atoms with van der Waals surface area (Å²) in [6, 6.07) is 14.4. The molecule has 0 bridgehead atoms. The van der Waals surface area contributed by atoms with Gasteiger partial charge < -0.3 is 9.53 Å². The number of methoxy groups -OCH3 is 1. The Kier molecular flexibility index (Phi) is 7.97. The third-order valence-corrected chi connectivity index (χ3v) is 2.75. The third kappa shape index (κ3) is 6.75. The van der Waals surface area contributed by atoms with Crippen LogP contribution < -0.4 is 0 Å². The van der Waals surface area contributed by atoms with E-state index in [1.807, 2.05) is 30.3 Å². The van der Waals surface area contributed by atoms with Gasteiger partial charge >= 0.3 is 0 Å². The van der Waals surface area contributed by atoms with E-state index in [0.29, 0.717) is 17.8 Å². The van der Waals surface area contributed by atoms with Gasteiger partial charge in [-0.25, -0.2) is 9.69 Å². The van der Waals surface area contributed by atoms with E-state index < -0.39 is 0 Å². The van der Waals surface area contributed by atoms with Gasteiger partial charge in [0.25, 0.3) is 0 Å². The van der Waals surface area contributed by atoms with Crippen molar-refractivity contribution in [2.45, 2.75) is 6.42 Å². The molecular weight excluding hydrogens is 288 g/mol. The van der Waals surface area contributed by atoms with Crippen LogP contribution in [0, 0.1) is 13.1 Å². The average Bonchev–Trinajstić information content (AvgIpc) is 2.61. The molecule has 4 heteroatoms. The lowest BCUT2D eigenvalue weighted by Gasteiger charge is -1.93. The highest BCUT2D eigenvalue weighted by molar-refractivity contribution is 5.58. The molecule has 114 valence electrons. The van der Waals surface area contributed by atoms with Crippen LogP contribution in [0.3, 0.4) is 0 Å². The van der Waals surface area contributed by atoms with Crippen LogP contribution in [-0.4, -0.2) is 13.4 Å². The molecule has 2 rings (SSSR count). The number of hydrogen-bond acceptors (Lipinski definition) is 2. The van der Waals surface area contributed by atoms with Crippen molar-refractivity contribution in [2.24, 2.45) is 0 Å². The highest BCUT2D eigenvalue weighted by Crippen LogP contribution is 2.14. The van der Waals surface area contributed by atoms with Crippen LogP contribution in [0.4, 0.5) is 11.4 Å². The summed E-state index contributed by atoms with van der Waals surface area (Å²) in [6.45, 7) is 13.5. The monoisotopic (exact) mass is 304 g/mol. The number of ether oxygens (including phenoxy) is 1. The third-order valence-electron chi connectivity index (χ3n) is 2.75. The number of carbonyl (C=O) groups is 1. The molecule has 0 fully saturated rings. The van der Waals surface area contributed by atoms with E-state index >= 15 is 0 Å². The van der Waals surface area contributed by atoms with Gasteiger partial charge in [-0.1, -0.05) is 48.0 Å². The fraction of sp³-hybridized carbons (Fsp3) is 0.105. The quantitative estimate of drug-likeness (QED) is 0.460. The van der Waals surface area contributed by atoms with Gasteiger partial charge in [0.2, 0.25) is 0 Å². The van der Waals surface area contributed by atoms with Gasteiger partial charge in [0.05, 0.1) is 26.5 Å². The van der Waals surface area contributed by atoms with Gasteiger partial charge in [0.1, 0.15) is 6.29 Å². The van der Waals surface area contributed by atoms with Crippen LogP contribution >= 0.6 is 0 Å². The van der Waals surface area contributed by atoms with Crippen molar-refractivity contribution in [2.75, 3.05) is 7.11 Å². The molecule has 0 aromatic heterocycles. The number of rotatable bonds is 4. The van der Waals surface area contributed by atoms with Crippen molar-refractivity contribution in [3.05, 3.63) is 88.8 Å². The largest absolute Gasteiger partial charge is 0.504 e. The van der Waals surface area contributed by atoms with Crippen molar-refractivity contribution in [3.63, 3.8) is 0 Å². The molecule has 0 heterocycles. The first-order chi connectivity index (χ1) is 11.2. The molecule has 0 aliphatic carbocycles. The summed E-state index contributed by atoms with van der Waals surface area (Å²) in [7, 11) is 1.59. The Morgan fingerprint density at radius 1 is 1.04 bits per heavy atom. The molecule has 0 spiro atoms. The minimum Gasteiger partial charge on any atom is -0.504 e. The van der Waals surface area contributed by atoms with Crippen molar-refractivity contribution in [3.8, 4) is 0 Å². The number of nitrogens with zero attached hydrogens (tertiary/aromatic N) is 2. The van der Waals surface area contributed by atoms with Crippen LogP contribution in [-0.2, 0) is 16.0 Å². The van der Waals surface area contributed by atoms with Crippen LogP contribution in [0.5, 0.6) is 0 Å². The maximum absolute atomic E-state index is 10.1. The standard InChI is InChI=1S/C10H9NO.C9H7NO/c1-11-10-5-3-4-9(8-10)6-7-12-2;1-10-9-4-2-3-8(7-9)5-6-11/h3-8H,2H3;2-4,6-7H,5H2/b7-6+;. The first-order valence-corrected chi connectivity index (χ1v) is 6.80. The second-order valence-corrected chi connectivity index (χ2v) is 4.40. The maximum Gasteiger partial charge on any atom is 0.187 e. The van der Waals surface area contributed by atoms with E-state index in [0.717, 1.165) is 17.4 Å². The van der Waals surface area contributed by atoms with E-state index in [1.165, 1.54) is 0 Å². The predicted octanol–water partition coefficient (Wildman–Crippen LogP) is 4.83. The lowest BCUT2D eigenvalue weighted by atomic mass is 10.1. The number of hydrogen-bond donors (Lipinski definition) is 0. The van der Waals surface area contributed by atoms with Crippen molar-refractivity contribution < 1.29 is 9.53 Å². The Labute approximate surface area is 136 Å². The zero-order valence-corrected chi connectivity index (χ0v) is 12.8. The Hall–Kier alpha value is -3.37. The van der Waals surface area contributed by atoms with Crippen LogP contribution in [0.2, 0.25) is 0 Å². The topological polar surface area (TPSA) is 35.0 Å². The minimum absolute atomic E-state index is 0.392. The van der Waals surface area contributed by atoms with Gasteiger partial charge in [-0.2, -0.15) is 0 Å². The van der Waals surface area contributed by atoms with Crippen LogP contribution in [0.15, 0.2) is 54.8 Å². The molecule has 0 aliphatic rings. The van der Waals surface area contributed by atoms with Crippen LogP contribution in [0.25, 0.3) is 15.8 Å². The SMILES string of the molecule is [C-]#[N+]c1cccc(/C=C/OC)c1.[C-]#[N+]c1cccc(CC=O)c1. The lowest BCUT2D eigenvalue weighted by molar-refractivity contribution is -0.107.